The van der Waals surface area contributed by atoms with E-state index >= 15 is 0 Å². The maximum absolute atomic E-state index is 10.1. The Bertz CT molecular complexity index is 440. The van der Waals surface area contributed by atoms with Gasteiger partial charge >= 0.3 is 0 Å². The lowest BCUT2D eigenvalue weighted by Crippen LogP contribution is -2.40. The molecule has 3 nitrogen and oxygen atoms in total. The quantitative estimate of drug-likeness (QED) is 0.464. The van der Waals surface area contributed by atoms with Crippen LogP contribution in [0.4, 0.5) is 5.69 Å². The van der Waals surface area contributed by atoms with Crippen molar-refractivity contribution in [2.24, 2.45) is 4.99 Å². The lowest BCUT2D eigenvalue weighted by molar-refractivity contribution is 0.276. The Morgan fingerprint density at radius 3 is 2.22 bits per heavy atom. The molecule has 0 aromatic heterocycles. The summed E-state index contributed by atoms with van der Waals surface area (Å²) >= 11 is 0. The van der Waals surface area contributed by atoms with Gasteiger partial charge < -0.3 is 4.43 Å². The smallest absolute Gasteiger partial charge is 0.240 e. The van der Waals surface area contributed by atoms with Gasteiger partial charge in [0.1, 0.15) is 0 Å². The van der Waals surface area contributed by atoms with Gasteiger partial charge in [-0.1, -0.05) is 32.9 Å². The molecule has 1 rings (SSSR count). The highest BCUT2D eigenvalue weighted by molar-refractivity contribution is 6.74. The second-order valence-corrected chi connectivity index (χ2v) is 10.7. The molecule has 0 aliphatic heterocycles. The van der Waals surface area contributed by atoms with Crippen molar-refractivity contribution in [3.05, 3.63) is 29.8 Å². The predicted octanol–water partition coefficient (Wildman–Crippen LogP) is 4.18. The van der Waals surface area contributed by atoms with E-state index in [9.17, 15) is 4.79 Å². The van der Waals surface area contributed by atoms with E-state index in [0.717, 1.165) is 5.56 Å². The van der Waals surface area contributed by atoms with E-state index in [1.54, 1.807) is 12.1 Å². The third-order valence-electron chi connectivity index (χ3n) is 3.52. The minimum absolute atomic E-state index is 0.217. The number of aliphatic imine (C=N–C) groups is 1. The second-order valence-electron chi connectivity index (χ2n) is 5.92. The normalized spacial score (nSPS) is 12.1. The van der Waals surface area contributed by atoms with Crippen LogP contribution in [0.1, 0.15) is 26.3 Å². The summed E-state index contributed by atoms with van der Waals surface area (Å²) in [4.78, 5) is 13.7. The lowest BCUT2D eigenvalue weighted by atomic mass is 10.2. The maximum Gasteiger partial charge on any atom is 0.240 e. The van der Waals surface area contributed by atoms with Gasteiger partial charge in [-0.2, -0.15) is 4.99 Å². The van der Waals surface area contributed by atoms with Gasteiger partial charge in [0.2, 0.25) is 6.08 Å². The first kappa shape index (κ1) is 14.8. The Labute approximate surface area is 110 Å². The van der Waals surface area contributed by atoms with Crippen LogP contribution in [0.15, 0.2) is 29.3 Å². The molecule has 0 fully saturated rings. The molecule has 0 saturated carbocycles. The zero-order chi connectivity index (χ0) is 13.8. The number of hydrogen-bond acceptors (Lipinski definition) is 3. The summed E-state index contributed by atoms with van der Waals surface area (Å²) in [6.45, 7) is 11.8. The first-order valence-electron chi connectivity index (χ1n) is 6.07. The van der Waals surface area contributed by atoms with E-state index in [-0.39, 0.29) is 5.04 Å². The number of carbonyl (C=O) groups excluding carboxylic acids is 1. The summed E-state index contributed by atoms with van der Waals surface area (Å²) in [6, 6.07) is 7.47. The molecule has 1 aromatic rings. The van der Waals surface area contributed by atoms with Crippen LogP contribution >= 0.6 is 0 Å². The molecule has 0 bridgehead atoms. The Balaban J connectivity index is 2.67. The van der Waals surface area contributed by atoms with Crippen molar-refractivity contribution in [3.8, 4) is 0 Å². The lowest BCUT2D eigenvalue weighted by Gasteiger charge is -2.36. The molecule has 0 atom stereocenters. The van der Waals surface area contributed by atoms with E-state index in [1.165, 1.54) is 6.08 Å². The maximum atomic E-state index is 10.1. The van der Waals surface area contributed by atoms with E-state index < -0.39 is 8.32 Å². The third-order valence-corrected chi connectivity index (χ3v) is 8.00. The van der Waals surface area contributed by atoms with Crippen molar-refractivity contribution >= 4 is 20.1 Å². The van der Waals surface area contributed by atoms with Crippen LogP contribution in [0.5, 0.6) is 0 Å². The number of benzene rings is 1. The molecule has 0 saturated heterocycles. The van der Waals surface area contributed by atoms with Gasteiger partial charge in [0.05, 0.1) is 12.3 Å². The summed E-state index contributed by atoms with van der Waals surface area (Å²) in [5.74, 6) is 0. The molecular formula is C14H21NO2Si. The van der Waals surface area contributed by atoms with Gasteiger partial charge in [0, 0.05) is 0 Å². The van der Waals surface area contributed by atoms with Crippen molar-refractivity contribution in [3.63, 3.8) is 0 Å². The van der Waals surface area contributed by atoms with Crippen LogP contribution in [0.3, 0.4) is 0 Å². The number of hydrogen-bond donors (Lipinski definition) is 0. The zero-order valence-electron chi connectivity index (χ0n) is 11.8. The molecule has 0 unspecified atom stereocenters. The van der Waals surface area contributed by atoms with E-state index in [1.807, 2.05) is 12.1 Å². The van der Waals surface area contributed by atoms with Crippen molar-refractivity contribution in [2.45, 2.75) is 45.5 Å². The van der Waals surface area contributed by atoms with Crippen LogP contribution in [0, 0.1) is 0 Å². The molecular weight excluding hydrogens is 242 g/mol. The zero-order valence-corrected chi connectivity index (χ0v) is 12.8. The molecule has 0 amide bonds. The third kappa shape index (κ3) is 3.91. The monoisotopic (exact) mass is 263 g/mol. The Kier molecular flexibility index (Phi) is 4.63. The standard InChI is InChI=1S/C14H21NO2Si/c1-14(2,3)18(4,5)17-10-12-6-8-13(9-7-12)15-11-16/h6-9H,10H2,1-5H3. The van der Waals surface area contributed by atoms with Crippen LogP contribution in [0.2, 0.25) is 18.1 Å². The molecule has 0 N–H and O–H groups in total. The molecule has 0 heterocycles. The van der Waals surface area contributed by atoms with Crippen LogP contribution in [-0.4, -0.2) is 14.4 Å². The van der Waals surface area contributed by atoms with Crippen LogP contribution < -0.4 is 0 Å². The van der Waals surface area contributed by atoms with Crippen molar-refractivity contribution in [2.75, 3.05) is 0 Å². The summed E-state index contributed by atoms with van der Waals surface area (Å²) in [7, 11) is -1.70. The molecule has 98 valence electrons. The highest BCUT2D eigenvalue weighted by atomic mass is 28.4. The van der Waals surface area contributed by atoms with Crippen LogP contribution in [-0.2, 0) is 15.8 Å². The molecule has 1 aromatic carbocycles. The van der Waals surface area contributed by atoms with Crippen molar-refractivity contribution in [1.29, 1.82) is 0 Å². The molecule has 4 heteroatoms. The molecule has 18 heavy (non-hydrogen) atoms. The average molecular weight is 263 g/mol. The second kappa shape index (κ2) is 5.61. The van der Waals surface area contributed by atoms with Gasteiger partial charge in [-0.3, -0.25) is 0 Å². The summed E-state index contributed by atoms with van der Waals surface area (Å²) in [5, 5.41) is 0.217. The predicted molar refractivity (Wildman–Crippen MR) is 76.2 cm³/mol. The van der Waals surface area contributed by atoms with E-state index in [0.29, 0.717) is 12.3 Å². The van der Waals surface area contributed by atoms with Crippen molar-refractivity contribution < 1.29 is 9.22 Å². The first-order valence-corrected chi connectivity index (χ1v) is 8.98. The average Bonchev–Trinajstić information content (AvgIpc) is 2.27. The van der Waals surface area contributed by atoms with Gasteiger partial charge in [0.15, 0.2) is 8.32 Å². The SMILES string of the molecule is CC(C)(C)[Si](C)(C)OCc1ccc(N=C=O)cc1. The first-order chi connectivity index (χ1) is 8.26. The fourth-order valence-electron chi connectivity index (χ4n) is 1.20. The topological polar surface area (TPSA) is 38.7 Å². The molecule has 0 spiro atoms. The van der Waals surface area contributed by atoms with Gasteiger partial charge in [-0.15, -0.1) is 0 Å². The minimum atomic E-state index is -1.70. The minimum Gasteiger partial charge on any atom is -0.413 e. The fraction of sp³-hybridized carbons (Fsp3) is 0.500. The Morgan fingerprint density at radius 1 is 1.22 bits per heavy atom. The summed E-state index contributed by atoms with van der Waals surface area (Å²) in [6.07, 6.45) is 1.53. The highest BCUT2D eigenvalue weighted by Crippen LogP contribution is 2.37. The highest BCUT2D eigenvalue weighted by Gasteiger charge is 2.36. The number of isocyanates is 1. The van der Waals surface area contributed by atoms with E-state index in [2.05, 4.69) is 38.9 Å². The van der Waals surface area contributed by atoms with Gasteiger partial charge in [-0.05, 0) is 35.8 Å². The summed E-state index contributed by atoms with van der Waals surface area (Å²) < 4.78 is 6.11. The van der Waals surface area contributed by atoms with Crippen molar-refractivity contribution in [1.82, 2.24) is 0 Å². The number of rotatable bonds is 4. The number of nitrogens with zero attached hydrogens (tertiary/aromatic N) is 1. The fourth-order valence-corrected chi connectivity index (χ4v) is 2.16. The van der Waals surface area contributed by atoms with Gasteiger partial charge in [0.25, 0.3) is 0 Å². The van der Waals surface area contributed by atoms with Crippen LogP contribution in [0.25, 0.3) is 0 Å². The summed E-state index contributed by atoms with van der Waals surface area (Å²) in [5.41, 5.74) is 1.73. The molecule has 0 aliphatic carbocycles. The molecule has 0 radical (unpaired) electrons. The molecule has 0 aliphatic rings. The van der Waals surface area contributed by atoms with Gasteiger partial charge in [-0.25, -0.2) is 4.79 Å². The van der Waals surface area contributed by atoms with E-state index in [4.69, 9.17) is 4.43 Å². The Morgan fingerprint density at radius 2 is 1.78 bits per heavy atom. The largest absolute Gasteiger partial charge is 0.413 e. The Hall–Kier alpha value is -1.22.